The minimum absolute atomic E-state index is 0.0207. The molecule has 1 aromatic carbocycles. The summed E-state index contributed by atoms with van der Waals surface area (Å²) in [6.07, 6.45) is 2.91. The highest BCUT2D eigenvalue weighted by Gasteiger charge is 2.33. The molecular formula is C17H23N3O3. The first-order valence-electron chi connectivity index (χ1n) is 8.17. The fraction of sp³-hybridized carbons (Fsp3) is 0.529. The molecule has 0 spiro atoms. The van der Waals surface area contributed by atoms with Crippen LogP contribution in [0.3, 0.4) is 0 Å². The molecule has 1 aromatic rings. The minimum Gasteiger partial charge on any atom is -0.492 e. The molecule has 2 atom stereocenters. The van der Waals surface area contributed by atoms with E-state index in [4.69, 9.17) is 4.74 Å². The maximum atomic E-state index is 12.3. The van der Waals surface area contributed by atoms with Crippen molar-refractivity contribution in [3.8, 4) is 5.75 Å². The van der Waals surface area contributed by atoms with Gasteiger partial charge in [0.2, 0.25) is 5.91 Å². The van der Waals surface area contributed by atoms with E-state index in [0.717, 1.165) is 25.9 Å². The molecule has 0 aliphatic carbocycles. The second kappa shape index (κ2) is 7.10. The fourth-order valence-corrected chi connectivity index (χ4v) is 3.05. The summed E-state index contributed by atoms with van der Waals surface area (Å²) in [7, 11) is 0. The molecule has 2 aliphatic heterocycles. The van der Waals surface area contributed by atoms with Crippen LogP contribution in [0.5, 0.6) is 5.75 Å². The Bertz CT molecular complexity index is 584. The molecule has 6 nitrogen and oxygen atoms in total. The summed E-state index contributed by atoms with van der Waals surface area (Å²) in [5.74, 6) is 0.872. The third kappa shape index (κ3) is 3.89. The maximum Gasteiger partial charge on any atom is 0.241 e. The van der Waals surface area contributed by atoms with Crippen molar-refractivity contribution < 1.29 is 14.3 Å². The van der Waals surface area contributed by atoms with E-state index >= 15 is 0 Å². The molecule has 2 heterocycles. The number of likely N-dealkylation sites (tertiary alicyclic amines) is 1. The van der Waals surface area contributed by atoms with E-state index in [2.05, 4.69) is 10.9 Å². The van der Waals surface area contributed by atoms with Gasteiger partial charge < -0.3 is 9.64 Å². The number of hydrogen-bond donors (Lipinski definition) is 2. The number of amides is 1. The van der Waals surface area contributed by atoms with E-state index in [1.165, 1.54) is 6.92 Å². The van der Waals surface area contributed by atoms with Crippen LogP contribution in [-0.4, -0.2) is 48.4 Å². The Morgan fingerprint density at radius 3 is 2.78 bits per heavy atom. The first-order valence-corrected chi connectivity index (χ1v) is 8.17. The molecule has 0 aromatic heterocycles. The fourth-order valence-electron chi connectivity index (χ4n) is 3.05. The summed E-state index contributed by atoms with van der Waals surface area (Å²) in [4.78, 5) is 25.6. The quantitative estimate of drug-likeness (QED) is 0.797. The standard InChI is InChI=1S/C17H23N3O3/c1-12(21)13-5-4-6-15(9-13)23-11-14-10-16(19-18-14)17(22)20-7-2-3-8-20/h4-6,9,14,16,18-19H,2-3,7-8,10-11H2,1H3. The summed E-state index contributed by atoms with van der Waals surface area (Å²) in [5, 5.41) is 0. The van der Waals surface area contributed by atoms with Crippen molar-refractivity contribution in [3.63, 3.8) is 0 Å². The zero-order valence-corrected chi connectivity index (χ0v) is 13.4. The van der Waals surface area contributed by atoms with Gasteiger partial charge in [0, 0.05) is 18.7 Å². The molecule has 3 rings (SSSR count). The molecule has 124 valence electrons. The summed E-state index contributed by atoms with van der Waals surface area (Å²) < 4.78 is 5.75. The van der Waals surface area contributed by atoms with Crippen molar-refractivity contribution in [2.24, 2.45) is 0 Å². The lowest BCUT2D eigenvalue weighted by molar-refractivity contribution is -0.132. The zero-order valence-electron chi connectivity index (χ0n) is 13.4. The first kappa shape index (κ1) is 16.0. The predicted molar refractivity (Wildman–Crippen MR) is 86.2 cm³/mol. The molecule has 6 heteroatoms. The van der Waals surface area contributed by atoms with Gasteiger partial charge in [-0.1, -0.05) is 12.1 Å². The molecule has 2 aliphatic rings. The Kier molecular flexibility index (Phi) is 4.93. The average Bonchev–Trinajstić information content (AvgIpc) is 3.24. The minimum atomic E-state index is -0.176. The Morgan fingerprint density at radius 1 is 1.26 bits per heavy atom. The van der Waals surface area contributed by atoms with Crippen molar-refractivity contribution >= 4 is 11.7 Å². The summed E-state index contributed by atoms with van der Waals surface area (Å²) >= 11 is 0. The van der Waals surface area contributed by atoms with Gasteiger partial charge in [0.25, 0.3) is 0 Å². The van der Waals surface area contributed by atoms with E-state index in [0.29, 0.717) is 24.3 Å². The molecule has 2 saturated heterocycles. The molecule has 23 heavy (non-hydrogen) atoms. The summed E-state index contributed by atoms with van der Waals surface area (Å²) in [5.41, 5.74) is 6.84. The van der Waals surface area contributed by atoms with Crippen molar-refractivity contribution in [1.82, 2.24) is 15.8 Å². The zero-order chi connectivity index (χ0) is 16.2. The van der Waals surface area contributed by atoms with Crippen LogP contribution in [0.2, 0.25) is 0 Å². The number of nitrogens with zero attached hydrogens (tertiary/aromatic N) is 1. The smallest absolute Gasteiger partial charge is 0.241 e. The van der Waals surface area contributed by atoms with Gasteiger partial charge in [-0.05, 0) is 38.3 Å². The van der Waals surface area contributed by atoms with Gasteiger partial charge in [0.15, 0.2) is 5.78 Å². The van der Waals surface area contributed by atoms with E-state index < -0.39 is 0 Å². The highest BCUT2D eigenvalue weighted by atomic mass is 16.5. The number of carbonyl (C=O) groups is 2. The number of hydrogen-bond acceptors (Lipinski definition) is 5. The highest BCUT2D eigenvalue weighted by Crippen LogP contribution is 2.17. The molecule has 2 N–H and O–H groups in total. The van der Waals surface area contributed by atoms with Crippen LogP contribution < -0.4 is 15.6 Å². The monoisotopic (exact) mass is 317 g/mol. The molecular weight excluding hydrogens is 294 g/mol. The largest absolute Gasteiger partial charge is 0.492 e. The van der Waals surface area contributed by atoms with E-state index in [9.17, 15) is 9.59 Å². The van der Waals surface area contributed by atoms with Gasteiger partial charge in [-0.15, -0.1) is 0 Å². The van der Waals surface area contributed by atoms with Crippen LogP contribution in [0.15, 0.2) is 24.3 Å². The highest BCUT2D eigenvalue weighted by molar-refractivity contribution is 5.94. The lowest BCUT2D eigenvalue weighted by Crippen LogP contribution is -2.44. The number of ether oxygens (including phenoxy) is 1. The molecule has 1 amide bonds. The summed E-state index contributed by atoms with van der Waals surface area (Å²) in [6.45, 7) is 3.74. The number of ketones is 1. The second-order valence-corrected chi connectivity index (χ2v) is 6.20. The molecule has 0 bridgehead atoms. The average molecular weight is 317 g/mol. The van der Waals surface area contributed by atoms with Crippen molar-refractivity contribution in [2.45, 2.75) is 38.3 Å². The predicted octanol–water partition coefficient (Wildman–Crippen LogP) is 1.13. The number of nitrogens with one attached hydrogen (secondary N) is 2. The topological polar surface area (TPSA) is 70.7 Å². The Labute approximate surface area is 136 Å². The Balaban J connectivity index is 1.49. The van der Waals surface area contributed by atoms with Crippen molar-refractivity contribution in [3.05, 3.63) is 29.8 Å². The third-order valence-corrected chi connectivity index (χ3v) is 4.39. The SMILES string of the molecule is CC(=O)c1cccc(OCC2CC(C(=O)N3CCCC3)NN2)c1. The van der Waals surface area contributed by atoms with Gasteiger partial charge in [0.1, 0.15) is 18.4 Å². The number of benzene rings is 1. The molecule has 0 saturated carbocycles. The maximum absolute atomic E-state index is 12.3. The van der Waals surface area contributed by atoms with Gasteiger partial charge in [0.05, 0.1) is 6.04 Å². The van der Waals surface area contributed by atoms with E-state index in [1.54, 1.807) is 12.1 Å². The number of carbonyl (C=O) groups excluding carboxylic acids is 2. The van der Waals surface area contributed by atoms with Crippen LogP contribution in [0.1, 0.15) is 36.5 Å². The Hall–Kier alpha value is -1.92. The van der Waals surface area contributed by atoms with Gasteiger partial charge in [-0.25, -0.2) is 5.43 Å². The third-order valence-electron chi connectivity index (χ3n) is 4.39. The van der Waals surface area contributed by atoms with Crippen LogP contribution in [0, 0.1) is 0 Å². The lowest BCUT2D eigenvalue weighted by Gasteiger charge is -2.19. The van der Waals surface area contributed by atoms with E-state index in [1.807, 2.05) is 17.0 Å². The second-order valence-electron chi connectivity index (χ2n) is 6.20. The number of rotatable bonds is 5. The molecule has 0 radical (unpaired) electrons. The number of hydrazine groups is 1. The number of Topliss-reactive ketones (excluding diaryl/α,β-unsaturated/α-hetero) is 1. The lowest BCUT2D eigenvalue weighted by atomic mass is 10.1. The van der Waals surface area contributed by atoms with E-state index in [-0.39, 0.29) is 23.8 Å². The molecule has 2 unspecified atom stereocenters. The van der Waals surface area contributed by atoms with Crippen LogP contribution in [-0.2, 0) is 4.79 Å². The first-order chi connectivity index (χ1) is 11.1. The Morgan fingerprint density at radius 2 is 2.04 bits per heavy atom. The summed E-state index contributed by atoms with van der Waals surface area (Å²) in [6, 6.07) is 7.07. The van der Waals surface area contributed by atoms with Gasteiger partial charge in [-0.3, -0.25) is 15.0 Å². The van der Waals surface area contributed by atoms with Crippen molar-refractivity contribution in [2.75, 3.05) is 19.7 Å². The van der Waals surface area contributed by atoms with Crippen LogP contribution >= 0.6 is 0 Å². The van der Waals surface area contributed by atoms with Crippen LogP contribution in [0.4, 0.5) is 0 Å². The van der Waals surface area contributed by atoms with Crippen molar-refractivity contribution in [1.29, 1.82) is 0 Å². The van der Waals surface area contributed by atoms with Gasteiger partial charge in [-0.2, -0.15) is 0 Å². The van der Waals surface area contributed by atoms with Crippen LogP contribution in [0.25, 0.3) is 0 Å². The normalized spacial score (nSPS) is 24.0. The molecule has 2 fully saturated rings. The van der Waals surface area contributed by atoms with Gasteiger partial charge >= 0.3 is 0 Å².